The predicted octanol–water partition coefficient (Wildman–Crippen LogP) is 2.03. The molecule has 1 aromatic rings. The highest BCUT2D eigenvalue weighted by molar-refractivity contribution is 5.79. The van der Waals surface area contributed by atoms with Crippen molar-refractivity contribution in [1.29, 1.82) is 0 Å². The Hall–Kier alpha value is -2.04. The summed E-state index contributed by atoms with van der Waals surface area (Å²) in [6, 6.07) is 10.2. The number of benzene rings is 1. The zero-order chi connectivity index (χ0) is 16.1. The second kappa shape index (κ2) is 7.49. The molecule has 1 heterocycles. The largest absolute Gasteiger partial charge is 0.339 e. The third-order valence-corrected chi connectivity index (χ3v) is 4.80. The van der Waals surface area contributed by atoms with Crippen LogP contribution >= 0.6 is 0 Å². The SMILES string of the molecule is O=C(Cc1ccccc1)N1CCN(C(=O)NC2CCCC2)CC1. The van der Waals surface area contributed by atoms with E-state index in [1.807, 2.05) is 40.1 Å². The number of nitrogens with zero attached hydrogens (tertiary/aromatic N) is 2. The maximum atomic E-state index is 12.3. The molecule has 0 bridgehead atoms. The number of nitrogens with one attached hydrogen (secondary N) is 1. The van der Waals surface area contributed by atoms with E-state index < -0.39 is 0 Å². The van der Waals surface area contributed by atoms with Crippen molar-refractivity contribution in [2.24, 2.45) is 0 Å². The highest BCUT2D eigenvalue weighted by atomic mass is 16.2. The molecule has 1 aliphatic heterocycles. The summed E-state index contributed by atoms with van der Waals surface area (Å²) < 4.78 is 0. The van der Waals surface area contributed by atoms with Crippen LogP contribution in [-0.2, 0) is 11.2 Å². The molecule has 5 nitrogen and oxygen atoms in total. The van der Waals surface area contributed by atoms with Crippen LogP contribution in [-0.4, -0.2) is 54.0 Å². The molecule has 3 rings (SSSR count). The van der Waals surface area contributed by atoms with Crippen LogP contribution in [0.25, 0.3) is 0 Å². The highest BCUT2D eigenvalue weighted by Gasteiger charge is 2.26. The van der Waals surface area contributed by atoms with Gasteiger partial charge in [0.1, 0.15) is 0 Å². The van der Waals surface area contributed by atoms with E-state index >= 15 is 0 Å². The van der Waals surface area contributed by atoms with Crippen molar-refractivity contribution >= 4 is 11.9 Å². The average Bonchev–Trinajstić information content (AvgIpc) is 3.09. The van der Waals surface area contributed by atoms with Gasteiger partial charge in [0.15, 0.2) is 0 Å². The normalized spacial score (nSPS) is 19.0. The number of amides is 3. The number of carbonyl (C=O) groups excluding carboxylic acids is 2. The maximum Gasteiger partial charge on any atom is 0.317 e. The Labute approximate surface area is 137 Å². The smallest absolute Gasteiger partial charge is 0.317 e. The Bertz CT molecular complexity index is 532. The van der Waals surface area contributed by atoms with Gasteiger partial charge in [0.2, 0.25) is 5.91 Å². The zero-order valence-corrected chi connectivity index (χ0v) is 13.5. The van der Waals surface area contributed by atoms with E-state index in [4.69, 9.17) is 0 Å². The van der Waals surface area contributed by atoms with E-state index in [2.05, 4.69) is 5.32 Å². The molecular weight excluding hydrogens is 290 g/mol. The number of piperazine rings is 1. The van der Waals surface area contributed by atoms with Gasteiger partial charge in [-0.05, 0) is 18.4 Å². The molecule has 0 aromatic heterocycles. The molecule has 3 amide bonds. The molecule has 1 saturated carbocycles. The predicted molar refractivity (Wildman–Crippen MR) is 89.1 cm³/mol. The summed E-state index contributed by atoms with van der Waals surface area (Å²) in [6.45, 7) is 2.51. The highest BCUT2D eigenvalue weighted by Crippen LogP contribution is 2.18. The number of rotatable bonds is 3. The summed E-state index contributed by atoms with van der Waals surface area (Å²) in [5.41, 5.74) is 1.04. The summed E-state index contributed by atoms with van der Waals surface area (Å²) in [6.07, 6.45) is 5.07. The molecule has 23 heavy (non-hydrogen) atoms. The Morgan fingerprint density at radius 2 is 1.57 bits per heavy atom. The van der Waals surface area contributed by atoms with Gasteiger partial charge in [-0.2, -0.15) is 0 Å². The number of hydrogen-bond acceptors (Lipinski definition) is 2. The lowest BCUT2D eigenvalue weighted by atomic mass is 10.1. The van der Waals surface area contributed by atoms with Crippen molar-refractivity contribution < 1.29 is 9.59 Å². The summed E-state index contributed by atoms with van der Waals surface area (Å²) in [5, 5.41) is 3.12. The minimum atomic E-state index is 0.0343. The lowest BCUT2D eigenvalue weighted by Gasteiger charge is -2.35. The van der Waals surface area contributed by atoms with E-state index in [9.17, 15) is 9.59 Å². The van der Waals surface area contributed by atoms with Crippen LogP contribution in [0.5, 0.6) is 0 Å². The molecule has 2 aliphatic rings. The van der Waals surface area contributed by atoms with Crippen LogP contribution in [0.15, 0.2) is 30.3 Å². The summed E-state index contributed by atoms with van der Waals surface area (Å²) in [5.74, 6) is 0.145. The quantitative estimate of drug-likeness (QED) is 0.928. The molecule has 2 fully saturated rings. The lowest BCUT2D eigenvalue weighted by molar-refractivity contribution is -0.131. The molecule has 1 aliphatic carbocycles. The molecule has 5 heteroatoms. The fraction of sp³-hybridized carbons (Fsp3) is 0.556. The van der Waals surface area contributed by atoms with Gasteiger partial charge in [-0.25, -0.2) is 4.79 Å². The van der Waals surface area contributed by atoms with Crippen LogP contribution in [0.1, 0.15) is 31.2 Å². The van der Waals surface area contributed by atoms with Crippen molar-refractivity contribution in [1.82, 2.24) is 15.1 Å². The second-order valence-corrected chi connectivity index (χ2v) is 6.46. The maximum absolute atomic E-state index is 12.3. The van der Waals surface area contributed by atoms with Crippen molar-refractivity contribution in [2.75, 3.05) is 26.2 Å². The number of hydrogen-bond donors (Lipinski definition) is 1. The van der Waals surface area contributed by atoms with E-state index in [0.717, 1.165) is 18.4 Å². The summed E-state index contributed by atoms with van der Waals surface area (Å²) >= 11 is 0. The van der Waals surface area contributed by atoms with Gasteiger partial charge < -0.3 is 15.1 Å². The zero-order valence-electron chi connectivity index (χ0n) is 13.5. The van der Waals surface area contributed by atoms with Gasteiger partial charge in [-0.3, -0.25) is 4.79 Å². The number of urea groups is 1. The van der Waals surface area contributed by atoms with Crippen LogP contribution in [0.2, 0.25) is 0 Å². The van der Waals surface area contributed by atoms with Gasteiger partial charge in [0, 0.05) is 32.2 Å². The fourth-order valence-electron chi connectivity index (χ4n) is 3.38. The van der Waals surface area contributed by atoms with Crippen LogP contribution < -0.4 is 5.32 Å². The molecule has 0 unspecified atom stereocenters. The molecular formula is C18H25N3O2. The van der Waals surface area contributed by atoms with Crippen LogP contribution in [0.4, 0.5) is 4.79 Å². The first-order valence-electron chi connectivity index (χ1n) is 8.59. The van der Waals surface area contributed by atoms with Crippen molar-refractivity contribution in [3.63, 3.8) is 0 Å². The molecule has 1 saturated heterocycles. The Kier molecular flexibility index (Phi) is 5.16. The number of carbonyl (C=O) groups is 2. The topological polar surface area (TPSA) is 52.7 Å². The van der Waals surface area contributed by atoms with Crippen molar-refractivity contribution in [3.8, 4) is 0 Å². The van der Waals surface area contributed by atoms with Crippen LogP contribution in [0, 0.1) is 0 Å². The van der Waals surface area contributed by atoms with Crippen molar-refractivity contribution in [3.05, 3.63) is 35.9 Å². The molecule has 124 valence electrons. The second-order valence-electron chi connectivity index (χ2n) is 6.46. The molecule has 0 radical (unpaired) electrons. The molecule has 0 spiro atoms. The fourth-order valence-corrected chi connectivity index (χ4v) is 3.38. The Balaban J connectivity index is 1.44. The third-order valence-electron chi connectivity index (χ3n) is 4.80. The minimum absolute atomic E-state index is 0.0343. The van der Waals surface area contributed by atoms with Gasteiger partial charge in [-0.1, -0.05) is 43.2 Å². The summed E-state index contributed by atoms with van der Waals surface area (Å²) in [4.78, 5) is 28.3. The standard InChI is InChI=1S/C18H25N3O2/c22-17(14-15-6-2-1-3-7-15)20-10-12-21(13-11-20)18(23)19-16-8-4-5-9-16/h1-3,6-7,16H,4-5,8-14H2,(H,19,23). The lowest BCUT2D eigenvalue weighted by Crippen LogP contribution is -2.54. The molecule has 0 atom stereocenters. The first-order chi connectivity index (χ1) is 11.2. The van der Waals surface area contributed by atoms with Gasteiger partial charge >= 0.3 is 6.03 Å². The van der Waals surface area contributed by atoms with Gasteiger partial charge in [0.25, 0.3) is 0 Å². The van der Waals surface area contributed by atoms with E-state index in [1.165, 1.54) is 12.8 Å². The minimum Gasteiger partial charge on any atom is -0.339 e. The first-order valence-corrected chi connectivity index (χ1v) is 8.59. The monoisotopic (exact) mass is 315 g/mol. The Morgan fingerprint density at radius 3 is 2.22 bits per heavy atom. The van der Waals surface area contributed by atoms with E-state index in [0.29, 0.717) is 38.6 Å². The van der Waals surface area contributed by atoms with E-state index in [-0.39, 0.29) is 11.9 Å². The average molecular weight is 315 g/mol. The Morgan fingerprint density at radius 1 is 0.957 bits per heavy atom. The van der Waals surface area contributed by atoms with E-state index in [1.54, 1.807) is 0 Å². The molecule has 1 aromatic carbocycles. The first kappa shape index (κ1) is 15.8. The van der Waals surface area contributed by atoms with Crippen molar-refractivity contribution in [2.45, 2.75) is 38.1 Å². The van der Waals surface area contributed by atoms with Crippen LogP contribution in [0.3, 0.4) is 0 Å². The third kappa shape index (κ3) is 4.24. The van der Waals surface area contributed by atoms with Gasteiger partial charge in [-0.15, -0.1) is 0 Å². The molecule has 1 N–H and O–H groups in total. The summed E-state index contributed by atoms with van der Waals surface area (Å²) in [7, 11) is 0. The van der Waals surface area contributed by atoms with Gasteiger partial charge in [0.05, 0.1) is 6.42 Å².